The average molecular weight is 436 g/mol. The maximum absolute atomic E-state index is 12.1. The van der Waals surface area contributed by atoms with Crippen LogP contribution in [0.4, 0.5) is 0 Å². The molecular formula is C23H29N7O2. The minimum absolute atomic E-state index is 0.00153. The molecule has 2 aromatic carbocycles. The van der Waals surface area contributed by atoms with Crippen LogP contribution in [0.5, 0.6) is 5.75 Å². The molecule has 0 bridgehead atoms. The number of rotatable bonds is 8. The van der Waals surface area contributed by atoms with Crippen molar-refractivity contribution in [2.45, 2.75) is 13.0 Å². The Labute approximate surface area is 187 Å². The second-order valence-electron chi connectivity index (χ2n) is 7.34. The van der Waals surface area contributed by atoms with Gasteiger partial charge in [-0.15, -0.1) is 0 Å². The number of guanidine groups is 1. The molecule has 32 heavy (non-hydrogen) atoms. The Hall–Kier alpha value is -3.88. The summed E-state index contributed by atoms with van der Waals surface area (Å²) in [7, 11) is 6.85. The van der Waals surface area contributed by atoms with E-state index in [1.54, 1.807) is 33.2 Å². The summed E-state index contributed by atoms with van der Waals surface area (Å²) in [5.41, 5.74) is 2.68. The van der Waals surface area contributed by atoms with Crippen molar-refractivity contribution in [3.05, 3.63) is 65.5 Å². The molecule has 3 N–H and O–H groups in total. The summed E-state index contributed by atoms with van der Waals surface area (Å²) in [5.74, 6) is 2.77. The number of aromatic nitrogens is 3. The number of carbonyl (C=O) groups excluding carboxylic acids is 1. The number of hydrogen-bond donors (Lipinski definition) is 3. The largest absolute Gasteiger partial charge is 0.497 e. The molecule has 3 aromatic rings. The van der Waals surface area contributed by atoms with Gasteiger partial charge in [0.2, 0.25) is 0 Å². The first kappa shape index (κ1) is 22.8. The molecule has 0 fully saturated rings. The van der Waals surface area contributed by atoms with Crippen LogP contribution in [-0.2, 0) is 13.0 Å². The predicted molar refractivity (Wildman–Crippen MR) is 125 cm³/mol. The molecule has 0 saturated carbocycles. The lowest BCUT2D eigenvalue weighted by Crippen LogP contribution is -2.38. The van der Waals surface area contributed by atoms with Crippen molar-refractivity contribution in [1.29, 1.82) is 0 Å². The summed E-state index contributed by atoms with van der Waals surface area (Å²) in [6, 6.07) is 15.3. The van der Waals surface area contributed by atoms with Crippen LogP contribution in [0.25, 0.3) is 11.4 Å². The molecule has 9 nitrogen and oxygen atoms in total. The number of ether oxygens (including phenoxy) is 1. The number of benzene rings is 2. The third-order valence-corrected chi connectivity index (χ3v) is 4.81. The fraction of sp³-hybridized carbons (Fsp3) is 0.304. The molecule has 0 aliphatic heterocycles. The molecular weight excluding hydrogens is 406 g/mol. The van der Waals surface area contributed by atoms with Gasteiger partial charge in [0.1, 0.15) is 11.6 Å². The van der Waals surface area contributed by atoms with E-state index in [1.807, 2.05) is 48.5 Å². The number of hydrogen-bond acceptors (Lipinski definition) is 5. The van der Waals surface area contributed by atoms with Gasteiger partial charge in [0, 0.05) is 38.8 Å². The van der Waals surface area contributed by atoms with E-state index in [4.69, 9.17) is 4.74 Å². The van der Waals surface area contributed by atoms with Crippen molar-refractivity contribution in [3.8, 4) is 17.1 Å². The topological polar surface area (TPSA) is 108 Å². The quantitative estimate of drug-likeness (QED) is 0.369. The molecule has 0 aliphatic rings. The highest BCUT2D eigenvalue weighted by atomic mass is 16.5. The van der Waals surface area contributed by atoms with Gasteiger partial charge in [0.25, 0.3) is 5.91 Å². The summed E-state index contributed by atoms with van der Waals surface area (Å²) in [6.45, 7) is 1.13. The van der Waals surface area contributed by atoms with E-state index in [0.717, 1.165) is 23.3 Å². The van der Waals surface area contributed by atoms with E-state index in [9.17, 15) is 4.79 Å². The highest BCUT2D eigenvalue weighted by Crippen LogP contribution is 2.18. The average Bonchev–Trinajstić information content (AvgIpc) is 3.30. The fourth-order valence-electron chi connectivity index (χ4n) is 3.07. The van der Waals surface area contributed by atoms with E-state index in [2.05, 4.69) is 30.8 Å². The van der Waals surface area contributed by atoms with Crippen molar-refractivity contribution < 1.29 is 9.53 Å². The van der Waals surface area contributed by atoms with Crippen LogP contribution in [0.3, 0.4) is 0 Å². The number of aliphatic imine (C=N–C) groups is 1. The number of amides is 1. The Morgan fingerprint density at radius 3 is 2.62 bits per heavy atom. The molecule has 0 radical (unpaired) electrons. The Morgan fingerprint density at radius 1 is 1.16 bits per heavy atom. The lowest BCUT2D eigenvalue weighted by Gasteiger charge is -2.12. The Bertz CT molecular complexity index is 1060. The third kappa shape index (κ3) is 6.07. The number of methoxy groups -OCH3 is 1. The van der Waals surface area contributed by atoms with Crippen molar-refractivity contribution in [2.24, 2.45) is 4.99 Å². The Kier molecular flexibility index (Phi) is 7.80. The predicted octanol–water partition coefficient (Wildman–Crippen LogP) is 2.09. The molecule has 0 unspecified atom stereocenters. The van der Waals surface area contributed by atoms with Crippen LogP contribution in [-0.4, -0.2) is 66.7 Å². The molecule has 168 valence electrons. The van der Waals surface area contributed by atoms with Gasteiger partial charge in [-0.3, -0.25) is 14.9 Å². The number of aromatic amines is 1. The summed E-state index contributed by atoms with van der Waals surface area (Å²) >= 11 is 0. The van der Waals surface area contributed by atoms with Crippen LogP contribution in [0, 0.1) is 0 Å². The standard InChI is InChI=1S/C23H29N7O2/c1-24-23(25-13-12-16-6-5-7-18(14-16)22(31)30(2)3)26-15-20-27-21(29-28-20)17-8-10-19(32-4)11-9-17/h5-11,14H,12-13,15H2,1-4H3,(H2,24,25,26)(H,27,28,29). The maximum atomic E-state index is 12.1. The molecule has 0 spiro atoms. The second kappa shape index (κ2) is 10.9. The van der Waals surface area contributed by atoms with Gasteiger partial charge in [-0.2, -0.15) is 5.10 Å². The molecule has 9 heteroatoms. The normalized spacial score (nSPS) is 11.2. The van der Waals surface area contributed by atoms with Crippen LogP contribution < -0.4 is 15.4 Å². The molecule has 1 amide bonds. The molecule has 0 atom stereocenters. The number of nitrogens with one attached hydrogen (secondary N) is 3. The summed E-state index contributed by atoms with van der Waals surface area (Å²) < 4.78 is 5.18. The van der Waals surface area contributed by atoms with Crippen LogP contribution in [0.15, 0.2) is 53.5 Å². The zero-order valence-electron chi connectivity index (χ0n) is 18.8. The van der Waals surface area contributed by atoms with Crippen molar-refractivity contribution in [2.75, 3.05) is 34.8 Å². The van der Waals surface area contributed by atoms with Crippen molar-refractivity contribution in [1.82, 2.24) is 30.7 Å². The number of nitrogens with zero attached hydrogens (tertiary/aromatic N) is 4. The van der Waals surface area contributed by atoms with E-state index in [0.29, 0.717) is 36.3 Å². The molecule has 1 heterocycles. The van der Waals surface area contributed by atoms with E-state index < -0.39 is 0 Å². The first-order chi connectivity index (χ1) is 15.5. The first-order valence-corrected chi connectivity index (χ1v) is 10.3. The Morgan fingerprint density at radius 2 is 1.94 bits per heavy atom. The second-order valence-corrected chi connectivity index (χ2v) is 7.34. The van der Waals surface area contributed by atoms with Gasteiger partial charge in [-0.25, -0.2) is 4.98 Å². The monoisotopic (exact) mass is 435 g/mol. The minimum atomic E-state index is -0.00153. The Balaban J connectivity index is 1.49. The summed E-state index contributed by atoms with van der Waals surface area (Å²) in [5, 5.41) is 13.7. The van der Waals surface area contributed by atoms with Gasteiger partial charge in [-0.1, -0.05) is 12.1 Å². The van der Waals surface area contributed by atoms with E-state index >= 15 is 0 Å². The van der Waals surface area contributed by atoms with Gasteiger partial charge in [-0.05, 0) is 48.4 Å². The van der Waals surface area contributed by atoms with Crippen LogP contribution in [0.1, 0.15) is 21.7 Å². The first-order valence-electron chi connectivity index (χ1n) is 10.3. The van der Waals surface area contributed by atoms with Crippen molar-refractivity contribution in [3.63, 3.8) is 0 Å². The lowest BCUT2D eigenvalue weighted by molar-refractivity contribution is 0.0827. The van der Waals surface area contributed by atoms with Crippen molar-refractivity contribution >= 4 is 11.9 Å². The third-order valence-electron chi connectivity index (χ3n) is 4.81. The summed E-state index contributed by atoms with van der Waals surface area (Å²) in [4.78, 5) is 22.5. The van der Waals surface area contributed by atoms with E-state index in [-0.39, 0.29) is 5.91 Å². The van der Waals surface area contributed by atoms with Gasteiger partial charge in [0.15, 0.2) is 11.8 Å². The molecule has 0 saturated heterocycles. The fourth-order valence-corrected chi connectivity index (χ4v) is 3.07. The zero-order valence-corrected chi connectivity index (χ0v) is 18.8. The minimum Gasteiger partial charge on any atom is -0.497 e. The smallest absolute Gasteiger partial charge is 0.253 e. The maximum Gasteiger partial charge on any atom is 0.253 e. The van der Waals surface area contributed by atoms with Gasteiger partial charge < -0.3 is 20.3 Å². The van der Waals surface area contributed by atoms with Gasteiger partial charge in [0.05, 0.1) is 13.7 Å². The summed E-state index contributed by atoms with van der Waals surface area (Å²) in [6.07, 6.45) is 0.763. The number of H-pyrrole nitrogens is 1. The molecule has 3 rings (SSSR count). The molecule has 0 aliphatic carbocycles. The number of carbonyl (C=O) groups is 1. The SMILES string of the molecule is CN=C(NCCc1cccc(C(=O)N(C)C)c1)NCc1nc(-c2ccc(OC)cc2)n[nH]1. The highest BCUT2D eigenvalue weighted by Gasteiger charge is 2.09. The lowest BCUT2D eigenvalue weighted by atomic mass is 10.1. The van der Waals surface area contributed by atoms with Gasteiger partial charge >= 0.3 is 0 Å². The van der Waals surface area contributed by atoms with E-state index in [1.165, 1.54) is 0 Å². The molecule has 1 aromatic heterocycles. The van der Waals surface area contributed by atoms with Crippen LogP contribution in [0.2, 0.25) is 0 Å². The zero-order chi connectivity index (χ0) is 22.9. The highest BCUT2D eigenvalue weighted by molar-refractivity contribution is 5.94. The van der Waals surface area contributed by atoms with Crippen LogP contribution >= 0.6 is 0 Å².